The van der Waals surface area contributed by atoms with Gasteiger partial charge in [0.25, 0.3) is 0 Å². The number of carbonyl (C=O) groups excluding carboxylic acids is 1. The summed E-state index contributed by atoms with van der Waals surface area (Å²) >= 11 is 0. The number of nitrogens with zero attached hydrogens (tertiary/aromatic N) is 5. The van der Waals surface area contributed by atoms with Gasteiger partial charge in [-0.1, -0.05) is 0 Å². The van der Waals surface area contributed by atoms with Crippen molar-refractivity contribution in [3.8, 4) is 0 Å². The van der Waals surface area contributed by atoms with Crippen molar-refractivity contribution >= 4 is 11.8 Å². The summed E-state index contributed by atoms with van der Waals surface area (Å²) in [4.78, 5) is 20.8. The smallest absolute Gasteiger partial charge is 0.317 e. The Balaban J connectivity index is 1.65. The molecule has 1 saturated carbocycles. The molecule has 0 spiro atoms. The van der Waals surface area contributed by atoms with E-state index in [1.54, 1.807) is 18.6 Å². The number of amides is 2. The number of aromatic nitrogens is 3. The van der Waals surface area contributed by atoms with Crippen LogP contribution in [0.3, 0.4) is 0 Å². The van der Waals surface area contributed by atoms with Crippen molar-refractivity contribution in [2.75, 3.05) is 26.0 Å². The second kappa shape index (κ2) is 7.44. The molecule has 0 aromatic carbocycles. The summed E-state index contributed by atoms with van der Waals surface area (Å²) in [7, 11) is 4.04. The minimum atomic E-state index is -0.0686. The van der Waals surface area contributed by atoms with E-state index < -0.39 is 0 Å². The first-order valence-corrected chi connectivity index (χ1v) is 8.26. The highest BCUT2D eigenvalue weighted by Crippen LogP contribution is 2.29. The van der Waals surface area contributed by atoms with Gasteiger partial charge in [-0.15, -0.1) is 0 Å². The van der Waals surface area contributed by atoms with Crippen LogP contribution in [0.4, 0.5) is 10.6 Å². The molecule has 24 heavy (non-hydrogen) atoms. The van der Waals surface area contributed by atoms with E-state index in [9.17, 15) is 4.79 Å². The molecule has 7 nitrogen and oxygen atoms in total. The number of carbonyl (C=O) groups is 1. The largest absolute Gasteiger partial charge is 0.323 e. The quantitative estimate of drug-likeness (QED) is 0.844. The van der Waals surface area contributed by atoms with Crippen molar-refractivity contribution in [3.63, 3.8) is 0 Å². The Morgan fingerprint density at radius 1 is 1.25 bits per heavy atom. The molecule has 0 bridgehead atoms. The summed E-state index contributed by atoms with van der Waals surface area (Å²) < 4.78 is 1.83. The third-order valence-corrected chi connectivity index (χ3v) is 4.06. The maximum atomic E-state index is 12.7. The number of rotatable bonds is 7. The highest BCUT2D eigenvalue weighted by atomic mass is 16.2. The number of pyridine rings is 1. The van der Waals surface area contributed by atoms with Crippen LogP contribution in [-0.2, 0) is 13.1 Å². The molecule has 1 aliphatic carbocycles. The lowest BCUT2D eigenvalue weighted by molar-refractivity contribution is 0.206. The van der Waals surface area contributed by atoms with Crippen molar-refractivity contribution in [1.82, 2.24) is 24.6 Å². The summed E-state index contributed by atoms with van der Waals surface area (Å²) in [5.41, 5.74) is 1.09. The molecule has 1 N–H and O–H groups in total. The van der Waals surface area contributed by atoms with Crippen LogP contribution in [0.15, 0.2) is 36.8 Å². The average molecular weight is 328 g/mol. The van der Waals surface area contributed by atoms with Gasteiger partial charge in [0.05, 0.1) is 12.7 Å². The van der Waals surface area contributed by atoms with Gasteiger partial charge in [-0.25, -0.2) is 9.48 Å². The molecule has 0 atom stereocenters. The Morgan fingerprint density at radius 2 is 2.00 bits per heavy atom. The van der Waals surface area contributed by atoms with E-state index in [0.29, 0.717) is 12.6 Å². The lowest BCUT2D eigenvalue weighted by atomic mass is 10.2. The molecule has 2 amide bonds. The number of hydrogen-bond donors (Lipinski definition) is 1. The summed E-state index contributed by atoms with van der Waals surface area (Å²) in [6.45, 7) is 2.21. The third kappa shape index (κ3) is 4.32. The number of likely N-dealkylation sites (N-methyl/N-ethyl adjacent to an activating group) is 1. The van der Waals surface area contributed by atoms with E-state index in [1.807, 2.05) is 41.9 Å². The minimum absolute atomic E-state index is 0.0686. The van der Waals surface area contributed by atoms with Crippen LogP contribution in [0.1, 0.15) is 18.4 Å². The van der Waals surface area contributed by atoms with Gasteiger partial charge in [0.15, 0.2) is 0 Å². The zero-order valence-corrected chi connectivity index (χ0v) is 14.2. The fraction of sp³-hybridized carbons (Fsp3) is 0.471. The molecule has 3 rings (SSSR count). The van der Waals surface area contributed by atoms with E-state index >= 15 is 0 Å². The summed E-state index contributed by atoms with van der Waals surface area (Å²) in [6, 6.07) is 6.00. The normalized spacial score (nSPS) is 14.0. The van der Waals surface area contributed by atoms with Gasteiger partial charge in [0.1, 0.15) is 5.82 Å². The SMILES string of the molecule is CN(C)CCn1nccc1NC(=O)N(Cc1ccncc1)C1CC1. The van der Waals surface area contributed by atoms with Crippen LogP contribution in [-0.4, -0.2) is 57.3 Å². The Kier molecular flexibility index (Phi) is 5.10. The molecule has 7 heteroatoms. The van der Waals surface area contributed by atoms with Crippen molar-refractivity contribution in [1.29, 1.82) is 0 Å². The van der Waals surface area contributed by atoms with Crippen LogP contribution in [0.2, 0.25) is 0 Å². The van der Waals surface area contributed by atoms with Crippen LogP contribution >= 0.6 is 0 Å². The van der Waals surface area contributed by atoms with Crippen molar-refractivity contribution in [2.24, 2.45) is 0 Å². The molecular formula is C17H24N6O. The third-order valence-electron chi connectivity index (χ3n) is 4.06. The fourth-order valence-electron chi connectivity index (χ4n) is 2.53. The first-order chi connectivity index (χ1) is 11.6. The lowest BCUT2D eigenvalue weighted by Crippen LogP contribution is -2.37. The van der Waals surface area contributed by atoms with Gasteiger partial charge in [0.2, 0.25) is 0 Å². The standard InChI is InChI=1S/C17H24N6O/c1-21(2)11-12-23-16(7-10-19-23)20-17(24)22(15-3-4-15)13-14-5-8-18-9-6-14/h5-10,15H,3-4,11-13H2,1-2H3,(H,20,24). The lowest BCUT2D eigenvalue weighted by Gasteiger charge is -2.23. The second-order valence-electron chi connectivity index (χ2n) is 6.39. The first-order valence-electron chi connectivity index (χ1n) is 8.26. The van der Waals surface area contributed by atoms with Crippen molar-refractivity contribution in [2.45, 2.75) is 32.0 Å². The minimum Gasteiger partial charge on any atom is -0.317 e. The van der Waals surface area contributed by atoms with Gasteiger partial charge in [-0.3, -0.25) is 10.3 Å². The van der Waals surface area contributed by atoms with Crippen molar-refractivity contribution in [3.05, 3.63) is 42.4 Å². The zero-order valence-electron chi connectivity index (χ0n) is 14.2. The van der Waals surface area contributed by atoms with E-state index in [4.69, 9.17) is 0 Å². The maximum absolute atomic E-state index is 12.7. The Labute approximate surface area is 142 Å². The van der Waals surface area contributed by atoms with Gasteiger partial charge < -0.3 is 9.80 Å². The second-order valence-corrected chi connectivity index (χ2v) is 6.39. The van der Waals surface area contributed by atoms with Gasteiger partial charge in [-0.2, -0.15) is 5.10 Å². The summed E-state index contributed by atoms with van der Waals surface area (Å²) in [6.07, 6.45) is 7.37. The molecule has 0 radical (unpaired) electrons. The molecule has 128 valence electrons. The van der Waals surface area contributed by atoms with E-state index in [-0.39, 0.29) is 6.03 Å². The summed E-state index contributed by atoms with van der Waals surface area (Å²) in [5.74, 6) is 0.738. The van der Waals surface area contributed by atoms with E-state index in [1.165, 1.54) is 0 Å². The van der Waals surface area contributed by atoms with Gasteiger partial charge >= 0.3 is 6.03 Å². The number of nitrogens with one attached hydrogen (secondary N) is 1. The average Bonchev–Trinajstić information content (AvgIpc) is 3.32. The van der Waals surface area contributed by atoms with Crippen LogP contribution in [0.5, 0.6) is 0 Å². The zero-order chi connectivity index (χ0) is 16.9. The van der Waals surface area contributed by atoms with E-state index in [2.05, 4.69) is 20.3 Å². The van der Waals surface area contributed by atoms with Crippen LogP contribution in [0, 0.1) is 0 Å². The monoisotopic (exact) mass is 328 g/mol. The number of anilines is 1. The molecule has 2 heterocycles. The van der Waals surface area contributed by atoms with Crippen LogP contribution in [0.25, 0.3) is 0 Å². The first kappa shape index (κ1) is 16.4. The topological polar surface area (TPSA) is 66.3 Å². The fourth-order valence-corrected chi connectivity index (χ4v) is 2.53. The molecule has 1 aliphatic rings. The number of hydrogen-bond acceptors (Lipinski definition) is 4. The molecule has 2 aromatic heterocycles. The predicted octanol–water partition coefficient (Wildman–Crippen LogP) is 2.04. The van der Waals surface area contributed by atoms with Gasteiger partial charge in [-0.05, 0) is 44.6 Å². The Bertz CT molecular complexity index is 665. The Morgan fingerprint density at radius 3 is 2.67 bits per heavy atom. The predicted molar refractivity (Wildman–Crippen MR) is 92.6 cm³/mol. The van der Waals surface area contributed by atoms with Gasteiger partial charge in [0, 0.05) is 37.6 Å². The molecule has 0 unspecified atom stereocenters. The highest BCUT2D eigenvalue weighted by molar-refractivity contribution is 5.88. The molecule has 1 fully saturated rings. The highest BCUT2D eigenvalue weighted by Gasteiger charge is 2.33. The van der Waals surface area contributed by atoms with Crippen molar-refractivity contribution < 1.29 is 4.79 Å². The number of urea groups is 1. The van der Waals surface area contributed by atoms with Crippen LogP contribution < -0.4 is 5.32 Å². The summed E-state index contributed by atoms with van der Waals surface area (Å²) in [5, 5.41) is 7.30. The molecule has 0 saturated heterocycles. The van der Waals surface area contributed by atoms with E-state index in [0.717, 1.165) is 37.3 Å². The maximum Gasteiger partial charge on any atom is 0.323 e. The Hall–Kier alpha value is -2.41. The molecule has 0 aliphatic heterocycles. The molecular weight excluding hydrogens is 304 g/mol. The molecule has 2 aromatic rings.